The van der Waals surface area contributed by atoms with Crippen LogP contribution in [0, 0.1) is 5.82 Å². The van der Waals surface area contributed by atoms with Crippen LogP contribution < -0.4 is 20.1 Å². The standard InChI is InChI=1S/C25H26FN3O5S/c1-4-16(2)29-35(32,33)21-11-8-17(9-12-21)24(30)27-20-10-13-23(34-3)22(15-20)28-25(31)18-6-5-7-19(26)14-18/h5-16,29H,4H2,1-3H3,(H,27,30)(H,28,31). The highest BCUT2D eigenvalue weighted by Crippen LogP contribution is 2.29. The van der Waals surface area contributed by atoms with Gasteiger partial charge in [-0.05, 0) is 74.0 Å². The normalized spacial score (nSPS) is 12.0. The topological polar surface area (TPSA) is 114 Å². The smallest absolute Gasteiger partial charge is 0.255 e. The highest BCUT2D eigenvalue weighted by molar-refractivity contribution is 7.89. The number of carbonyl (C=O) groups excluding carboxylic acids is 2. The van der Waals surface area contributed by atoms with Crippen molar-refractivity contribution < 1.29 is 27.1 Å². The van der Waals surface area contributed by atoms with Gasteiger partial charge in [-0.25, -0.2) is 17.5 Å². The lowest BCUT2D eigenvalue weighted by Gasteiger charge is -2.14. The molecule has 0 aromatic heterocycles. The summed E-state index contributed by atoms with van der Waals surface area (Å²) in [5, 5.41) is 5.35. The fourth-order valence-electron chi connectivity index (χ4n) is 3.11. The van der Waals surface area contributed by atoms with Crippen molar-refractivity contribution in [1.82, 2.24) is 4.72 Å². The summed E-state index contributed by atoms with van der Waals surface area (Å²) in [5.41, 5.74) is 1.01. The highest BCUT2D eigenvalue weighted by Gasteiger charge is 2.18. The molecule has 0 bridgehead atoms. The molecule has 3 N–H and O–H groups in total. The maximum absolute atomic E-state index is 13.5. The van der Waals surface area contributed by atoms with Gasteiger partial charge < -0.3 is 15.4 Å². The lowest BCUT2D eigenvalue weighted by molar-refractivity contribution is 0.101. The van der Waals surface area contributed by atoms with E-state index in [1.54, 1.807) is 19.1 Å². The van der Waals surface area contributed by atoms with E-state index in [2.05, 4.69) is 15.4 Å². The Morgan fingerprint density at radius 1 is 0.943 bits per heavy atom. The fourth-order valence-corrected chi connectivity index (χ4v) is 4.44. The van der Waals surface area contributed by atoms with E-state index in [1.165, 1.54) is 55.6 Å². The summed E-state index contributed by atoms with van der Waals surface area (Å²) in [5.74, 6) is -1.22. The number of nitrogens with one attached hydrogen (secondary N) is 3. The zero-order valence-electron chi connectivity index (χ0n) is 19.5. The third kappa shape index (κ3) is 6.65. The predicted molar refractivity (Wildman–Crippen MR) is 132 cm³/mol. The summed E-state index contributed by atoms with van der Waals surface area (Å²) in [6.07, 6.45) is 0.645. The quantitative estimate of drug-likeness (QED) is 0.403. The average Bonchev–Trinajstić information content (AvgIpc) is 2.84. The molecule has 0 aliphatic carbocycles. The Labute approximate surface area is 203 Å². The molecule has 3 aromatic carbocycles. The van der Waals surface area contributed by atoms with Crippen molar-refractivity contribution >= 4 is 33.2 Å². The van der Waals surface area contributed by atoms with Crippen LogP contribution in [0.2, 0.25) is 0 Å². The number of hydrogen-bond donors (Lipinski definition) is 3. The molecule has 0 saturated heterocycles. The molecule has 0 saturated carbocycles. The molecule has 0 radical (unpaired) electrons. The van der Waals surface area contributed by atoms with Crippen LogP contribution in [-0.4, -0.2) is 33.4 Å². The van der Waals surface area contributed by atoms with E-state index in [4.69, 9.17) is 4.74 Å². The second-order valence-electron chi connectivity index (χ2n) is 7.79. The Morgan fingerprint density at radius 3 is 2.26 bits per heavy atom. The third-order valence-electron chi connectivity index (χ3n) is 5.19. The lowest BCUT2D eigenvalue weighted by Crippen LogP contribution is -2.32. The summed E-state index contributed by atoms with van der Waals surface area (Å²) in [7, 11) is -2.26. The van der Waals surface area contributed by atoms with Gasteiger partial charge in [0.05, 0.1) is 17.7 Å². The first kappa shape index (κ1) is 25.9. The van der Waals surface area contributed by atoms with Crippen LogP contribution in [0.3, 0.4) is 0 Å². The average molecular weight is 500 g/mol. The SMILES string of the molecule is CCC(C)NS(=O)(=O)c1ccc(C(=O)Nc2ccc(OC)c(NC(=O)c3cccc(F)c3)c2)cc1. The van der Waals surface area contributed by atoms with Crippen molar-refractivity contribution in [3.8, 4) is 5.75 Å². The summed E-state index contributed by atoms with van der Waals surface area (Å²) in [6.45, 7) is 3.64. The van der Waals surface area contributed by atoms with Crippen LogP contribution in [0.15, 0.2) is 71.6 Å². The van der Waals surface area contributed by atoms with Gasteiger partial charge in [-0.3, -0.25) is 9.59 Å². The molecular formula is C25H26FN3O5S. The summed E-state index contributed by atoms with van der Waals surface area (Å²) in [6, 6.07) is 15.2. The Morgan fingerprint density at radius 2 is 1.63 bits per heavy atom. The van der Waals surface area contributed by atoms with Crippen molar-refractivity contribution in [1.29, 1.82) is 0 Å². The molecule has 35 heavy (non-hydrogen) atoms. The third-order valence-corrected chi connectivity index (χ3v) is 6.79. The first-order chi connectivity index (χ1) is 16.6. The number of benzene rings is 3. The van der Waals surface area contributed by atoms with Gasteiger partial charge in [0.15, 0.2) is 0 Å². The molecule has 1 unspecified atom stereocenters. The zero-order valence-corrected chi connectivity index (χ0v) is 20.3. The fraction of sp³-hybridized carbons (Fsp3) is 0.200. The number of anilines is 2. The van der Waals surface area contributed by atoms with Gasteiger partial charge in [0.1, 0.15) is 11.6 Å². The predicted octanol–water partition coefficient (Wildman–Crippen LogP) is 4.42. The highest BCUT2D eigenvalue weighted by atomic mass is 32.2. The van der Waals surface area contributed by atoms with E-state index in [9.17, 15) is 22.4 Å². The van der Waals surface area contributed by atoms with Gasteiger partial charge in [-0.15, -0.1) is 0 Å². The number of sulfonamides is 1. The Balaban J connectivity index is 1.75. The summed E-state index contributed by atoms with van der Waals surface area (Å²) in [4.78, 5) is 25.3. The largest absolute Gasteiger partial charge is 0.495 e. The van der Waals surface area contributed by atoms with E-state index in [0.717, 1.165) is 6.07 Å². The van der Waals surface area contributed by atoms with Crippen LogP contribution in [0.25, 0.3) is 0 Å². The Kier molecular flexibility index (Phi) is 8.21. The molecule has 2 amide bonds. The molecule has 0 heterocycles. The van der Waals surface area contributed by atoms with Gasteiger partial charge in [-0.2, -0.15) is 0 Å². The number of hydrogen-bond acceptors (Lipinski definition) is 5. The number of ether oxygens (including phenoxy) is 1. The molecule has 3 aromatic rings. The minimum atomic E-state index is -3.68. The molecule has 0 fully saturated rings. The molecule has 8 nitrogen and oxygen atoms in total. The molecule has 184 valence electrons. The van der Waals surface area contributed by atoms with E-state index in [-0.39, 0.29) is 27.8 Å². The van der Waals surface area contributed by atoms with Crippen LogP contribution >= 0.6 is 0 Å². The van der Waals surface area contributed by atoms with E-state index in [1.807, 2.05) is 6.92 Å². The monoisotopic (exact) mass is 499 g/mol. The minimum Gasteiger partial charge on any atom is -0.495 e. The molecule has 1 atom stereocenters. The van der Waals surface area contributed by atoms with E-state index in [0.29, 0.717) is 17.9 Å². The van der Waals surface area contributed by atoms with Crippen LogP contribution in [0.5, 0.6) is 5.75 Å². The first-order valence-electron chi connectivity index (χ1n) is 10.8. The van der Waals surface area contributed by atoms with Crippen molar-refractivity contribution in [3.63, 3.8) is 0 Å². The summed E-state index contributed by atoms with van der Waals surface area (Å²) >= 11 is 0. The Hall–Kier alpha value is -3.76. The molecule has 0 aliphatic rings. The molecule has 0 spiro atoms. The van der Waals surface area contributed by atoms with Crippen molar-refractivity contribution in [2.24, 2.45) is 0 Å². The van der Waals surface area contributed by atoms with E-state index < -0.39 is 27.7 Å². The van der Waals surface area contributed by atoms with Crippen LogP contribution in [0.1, 0.15) is 41.0 Å². The first-order valence-corrected chi connectivity index (χ1v) is 12.3. The second-order valence-corrected chi connectivity index (χ2v) is 9.50. The van der Waals surface area contributed by atoms with Crippen LogP contribution in [-0.2, 0) is 10.0 Å². The van der Waals surface area contributed by atoms with E-state index >= 15 is 0 Å². The van der Waals surface area contributed by atoms with Crippen molar-refractivity contribution in [2.45, 2.75) is 31.2 Å². The minimum absolute atomic E-state index is 0.0566. The maximum atomic E-state index is 13.5. The second kappa shape index (κ2) is 11.1. The Bertz CT molecular complexity index is 1330. The summed E-state index contributed by atoms with van der Waals surface area (Å²) < 4.78 is 46.1. The molecule has 0 aliphatic heterocycles. The number of carbonyl (C=O) groups is 2. The number of amides is 2. The lowest BCUT2D eigenvalue weighted by atomic mass is 10.2. The van der Waals surface area contributed by atoms with Gasteiger partial charge in [0, 0.05) is 22.9 Å². The number of methoxy groups -OCH3 is 1. The van der Waals surface area contributed by atoms with Crippen molar-refractivity contribution in [3.05, 3.63) is 83.7 Å². The maximum Gasteiger partial charge on any atom is 0.255 e. The number of halogens is 1. The van der Waals surface area contributed by atoms with Gasteiger partial charge >= 0.3 is 0 Å². The molecule has 10 heteroatoms. The van der Waals surface area contributed by atoms with Gasteiger partial charge in [0.25, 0.3) is 11.8 Å². The molecular weight excluding hydrogens is 473 g/mol. The number of rotatable bonds is 9. The van der Waals surface area contributed by atoms with Crippen molar-refractivity contribution in [2.75, 3.05) is 17.7 Å². The van der Waals surface area contributed by atoms with Gasteiger partial charge in [0.2, 0.25) is 10.0 Å². The van der Waals surface area contributed by atoms with Crippen LogP contribution in [0.4, 0.5) is 15.8 Å². The molecule has 3 rings (SSSR count). The zero-order chi connectivity index (χ0) is 25.6. The van der Waals surface area contributed by atoms with Gasteiger partial charge in [-0.1, -0.05) is 13.0 Å².